The Balaban J connectivity index is 2.24. The van der Waals surface area contributed by atoms with E-state index in [1.54, 1.807) is 0 Å². The minimum absolute atomic E-state index is 0.159. The maximum absolute atomic E-state index is 13.7. The van der Waals surface area contributed by atoms with Crippen LogP contribution in [0.1, 0.15) is 0 Å². The number of primary sulfonamides is 1. The number of rotatable bonds is 2. The SMILES string of the molecule is NS(=O)(=O)c1nn2cc(-c3c(F)c(F)c(F)c(F)c3F)nc2s1. The lowest BCUT2D eigenvalue weighted by Crippen LogP contribution is -2.12. The lowest BCUT2D eigenvalue weighted by Gasteiger charge is -2.05. The summed E-state index contributed by atoms with van der Waals surface area (Å²) in [5.41, 5.74) is -1.84. The van der Waals surface area contributed by atoms with Crippen LogP contribution >= 0.6 is 11.3 Å². The highest BCUT2D eigenvalue weighted by Gasteiger charge is 2.28. The summed E-state index contributed by atoms with van der Waals surface area (Å²) < 4.78 is 89.3. The fourth-order valence-corrected chi connectivity index (χ4v) is 3.25. The molecule has 0 atom stereocenters. The lowest BCUT2D eigenvalue weighted by molar-refractivity contribution is 0.381. The van der Waals surface area contributed by atoms with Crippen LogP contribution in [0.25, 0.3) is 16.2 Å². The van der Waals surface area contributed by atoms with Crippen LogP contribution in [0.5, 0.6) is 0 Å². The third-order valence-electron chi connectivity index (χ3n) is 2.73. The molecule has 0 bridgehead atoms. The Bertz CT molecular complexity index is 999. The van der Waals surface area contributed by atoms with Gasteiger partial charge in [0.25, 0.3) is 10.0 Å². The Hall–Kier alpha value is -2.12. The number of aromatic nitrogens is 3. The molecule has 0 unspecified atom stereocenters. The first kappa shape index (κ1) is 15.8. The molecule has 23 heavy (non-hydrogen) atoms. The number of hydrogen-bond donors (Lipinski definition) is 1. The average molecular weight is 370 g/mol. The molecule has 2 N–H and O–H groups in total. The lowest BCUT2D eigenvalue weighted by atomic mass is 10.1. The zero-order valence-electron chi connectivity index (χ0n) is 10.5. The van der Waals surface area contributed by atoms with Crippen LogP contribution in [0.3, 0.4) is 0 Å². The summed E-state index contributed by atoms with van der Waals surface area (Å²) in [6, 6.07) is 0. The zero-order valence-corrected chi connectivity index (χ0v) is 12.2. The Morgan fingerprint density at radius 1 is 1.00 bits per heavy atom. The molecule has 0 saturated carbocycles. The summed E-state index contributed by atoms with van der Waals surface area (Å²) in [4.78, 5) is 3.45. The summed E-state index contributed by atoms with van der Waals surface area (Å²) >= 11 is 0.464. The second kappa shape index (κ2) is 4.94. The molecule has 0 aliphatic rings. The highest BCUT2D eigenvalue weighted by Crippen LogP contribution is 2.32. The molecule has 13 heteroatoms. The van der Waals surface area contributed by atoms with Crippen molar-refractivity contribution in [1.82, 2.24) is 14.6 Å². The Morgan fingerprint density at radius 2 is 1.52 bits per heavy atom. The van der Waals surface area contributed by atoms with Crippen LogP contribution in [-0.2, 0) is 10.0 Å². The van der Waals surface area contributed by atoms with Gasteiger partial charge in [-0.25, -0.2) is 45.0 Å². The van der Waals surface area contributed by atoms with Gasteiger partial charge >= 0.3 is 0 Å². The Labute approximate surface area is 128 Å². The van der Waals surface area contributed by atoms with Gasteiger partial charge in [-0.15, -0.1) is 5.10 Å². The normalized spacial score (nSPS) is 12.3. The quantitative estimate of drug-likeness (QED) is 0.423. The summed E-state index contributed by atoms with van der Waals surface area (Å²) in [6.07, 6.45) is 0.818. The van der Waals surface area contributed by atoms with E-state index in [9.17, 15) is 30.4 Å². The van der Waals surface area contributed by atoms with Gasteiger partial charge in [0.1, 0.15) is 0 Å². The summed E-state index contributed by atoms with van der Waals surface area (Å²) in [7, 11) is -4.12. The topological polar surface area (TPSA) is 90.4 Å². The van der Waals surface area contributed by atoms with Crippen molar-refractivity contribution in [2.45, 2.75) is 4.34 Å². The molecule has 0 spiro atoms. The minimum Gasteiger partial charge on any atom is -0.223 e. The number of nitrogens with two attached hydrogens (primary N) is 1. The van der Waals surface area contributed by atoms with Crippen molar-refractivity contribution in [1.29, 1.82) is 0 Å². The second-order valence-corrected chi connectivity index (χ2v) is 6.90. The maximum atomic E-state index is 13.7. The highest BCUT2D eigenvalue weighted by molar-refractivity contribution is 7.91. The molecule has 2 heterocycles. The van der Waals surface area contributed by atoms with Gasteiger partial charge in [0, 0.05) is 0 Å². The molecule has 3 rings (SSSR count). The molecule has 0 aliphatic carbocycles. The average Bonchev–Trinajstić information content (AvgIpc) is 3.01. The number of imidazole rings is 1. The summed E-state index contributed by atoms with van der Waals surface area (Å²) in [5.74, 6) is -10.6. The molecule has 0 fully saturated rings. The van der Waals surface area contributed by atoms with E-state index in [0.29, 0.717) is 11.3 Å². The van der Waals surface area contributed by atoms with E-state index in [0.717, 1.165) is 10.7 Å². The molecule has 0 radical (unpaired) electrons. The van der Waals surface area contributed by atoms with Gasteiger partial charge in [0.2, 0.25) is 15.1 Å². The Morgan fingerprint density at radius 3 is 2.00 bits per heavy atom. The second-order valence-electron chi connectivity index (χ2n) is 4.21. The van der Waals surface area contributed by atoms with E-state index >= 15 is 0 Å². The first-order valence-corrected chi connectivity index (χ1v) is 7.88. The molecule has 3 aromatic rings. The molecule has 0 aliphatic heterocycles. The van der Waals surface area contributed by atoms with E-state index in [-0.39, 0.29) is 4.96 Å². The standard InChI is InChI=1S/C10H3F5N4O2S2/c11-4-3(5(12)7(14)8(15)6(4)13)2-1-19-9(17-2)22-10(18-19)23(16,20)21/h1H,(H2,16,20,21). The molecule has 2 aromatic heterocycles. The van der Waals surface area contributed by atoms with Gasteiger partial charge in [0.05, 0.1) is 17.5 Å². The fourth-order valence-electron chi connectivity index (χ4n) is 1.75. The molecule has 0 amide bonds. The van der Waals surface area contributed by atoms with Crippen LogP contribution in [0.2, 0.25) is 0 Å². The van der Waals surface area contributed by atoms with Crippen LogP contribution in [0.4, 0.5) is 22.0 Å². The predicted molar refractivity (Wildman–Crippen MR) is 67.5 cm³/mol. The minimum atomic E-state index is -4.12. The molecular formula is C10H3F5N4O2S2. The van der Waals surface area contributed by atoms with Crippen molar-refractivity contribution in [2.24, 2.45) is 5.14 Å². The smallest absolute Gasteiger partial charge is 0.223 e. The third-order valence-corrected chi connectivity index (χ3v) is 4.97. The number of nitrogens with zero attached hydrogens (tertiary/aromatic N) is 3. The summed E-state index contributed by atoms with van der Waals surface area (Å²) in [6.45, 7) is 0. The third kappa shape index (κ3) is 2.36. The predicted octanol–water partition coefficient (Wildman–Crippen LogP) is 1.80. The number of benzene rings is 1. The van der Waals surface area contributed by atoms with Crippen molar-refractivity contribution < 1.29 is 30.4 Å². The van der Waals surface area contributed by atoms with Crippen LogP contribution < -0.4 is 5.14 Å². The number of sulfonamides is 1. The van der Waals surface area contributed by atoms with E-state index in [4.69, 9.17) is 5.14 Å². The molecule has 0 saturated heterocycles. The highest BCUT2D eigenvalue weighted by atomic mass is 32.2. The van der Waals surface area contributed by atoms with Gasteiger partial charge in [-0.05, 0) is 0 Å². The monoisotopic (exact) mass is 370 g/mol. The largest absolute Gasteiger partial charge is 0.267 e. The van der Waals surface area contributed by atoms with Crippen LogP contribution in [0.15, 0.2) is 10.5 Å². The van der Waals surface area contributed by atoms with Crippen molar-refractivity contribution in [3.05, 3.63) is 35.3 Å². The fraction of sp³-hybridized carbons (Fsp3) is 0. The van der Waals surface area contributed by atoms with Crippen molar-refractivity contribution >= 4 is 26.3 Å². The van der Waals surface area contributed by atoms with Crippen molar-refractivity contribution in [3.63, 3.8) is 0 Å². The van der Waals surface area contributed by atoms with Gasteiger partial charge < -0.3 is 0 Å². The Kier molecular flexibility index (Phi) is 3.38. The van der Waals surface area contributed by atoms with Crippen LogP contribution in [-0.4, -0.2) is 23.0 Å². The van der Waals surface area contributed by atoms with E-state index < -0.39 is 54.7 Å². The number of fused-ring (bicyclic) bond motifs is 1. The maximum Gasteiger partial charge on any atom is 0.267 e. The number of halogens is 5. The molecule has 6 nitrogen and oxygen atoms in total. The first-order valence-electron chi connectivity index (χ1n) is 5.52. The number of hydrogen-bond acceptors (Lipinski definition) is 5. The van der Waals surface area contributed by atoms with E-state index in [1.165, 1.54) is 0 Å². The van der Waals surface area contributed by atoms with Gasteiger partial charge in [-0.3, -0.25) is 0 Å². The van der Waals surface area contributed by atoms with Crippen molar-refractivity contribution in [2.75, 3.05) is 0 Å². The van der Waals surface area contributed by atoms with E-state index in [1.807, 2.05) is 0 Å². The van der Waals surface area contributed by atoms with Crippen LogP contribution in [0, 0.1) is 29.1 Å². The molecule has 1 aromatic carbocycles. The molecular weight excluding hydrogens is 367 g/mol. The van der Waals surface area contributed by atoms with Gasteiger partial charge in [0.15, 0.2) is 23.3 Å². The van der Waals surface area contributed by atoms with Crippen molar-refractivity contribution in [3.8, 4) is 11.3 Å². The summed E-state index contributed by atoms with van der Waals surface area (Å²) in [5, 5.41) is 8.36. The molecule has 122 valence electrons. The van der Waals surface area contributed by atoms with Gasteiger partial charge in [-0.2, -0.15) is 0 Å². The first-order chi connectivity index (χ1) is 10.6. The van der Waals surface area contributed by atoms with E-state index in [2.05, 4.69) is 10.1 Å². The zero-order chi connectivity index (χ0) is 17.1. The van der Waals surface area contributed by atoms with Gasteiger partial charge in [-0.1, -0.05) is 11.3 Å².